The molecule has 2 nitrogen and oxygen atoms in total. The Morgan fingerprint density at radius 3 is 2.73 bits per heavy atom. The molecule has 0 aliphatic carbocycles. The molecule has 0 spiro atoms. The fourth-order valence-electron chi connectivity index (χ4n) is 0.923. The predicted molar refractivity (Wildman–Crippen MR) is 49.9 cm³/mol. The maximum atomic E-state index is 4.07. The summed E-state index contributed by atoms with van der Waals surface area (Å²) < 4.78 is 0. The van der Waals surface area contributed by atoms with Crippen molar-refractivity contribution >= 4 is 24.4 Å². The minimum absolute atomic E-state index is 0. The van der Waals surface area contributed by atoms with Crippen LogP contribution in [0, 0.1) is 0 Å². The molecule has 0 amide bonds. The number of benzene rings is 1. The predicted octanol–water partition coefficient (Wildman–Crippen LogP) is 1.74. The van der Waals surface area contributed by atoms with Crippen molar-refractivity contribution in [1.82, 2.24) is 9.97 Å². The first-order valence-electron chi connectivity index (χ1n) is 3.11. The van der Waals surface area contributed by atoms with E-state index in [0.29, 0.717) is 0 Å². The molecular weight excluding hydrogens is 156 g/mol. The molecule has 2 aromatic rings. The van der Waals surface area contributed by atoms with Crippen LogP contribution in [0.25, 0.3) is 10.9 Å². The number of rotatable bonds is 0. The van der Waals surface area contributed by atoms with Gasteiger partial charge in [-0.25, -0.2) is 9.97 Å². The van der Waals surface area contributed by atoms with E-state index >= 15 is 0 Å². The monoisotopic (exact) mass is 164 g/mol. The van der Waals surface area contributed by atoms with Crippen LogP contribution in [0.2, 0.25) is 0 Å². The van der Waals surface area contributed by atoms with Gasteiger partial charge in [0.1, 0.15) is 6.33 Å². The van der Waals surface area contributed by atoms with Gasteiger partial charge < -0.3 is 0 Å². The number of aromatic nitrogens is 2. The van der Waals surface area contributed by atoms with Crippen molar-refractivity contribution in [3.05, 3.63) is 36.8 Å². The van der Waals surface area contributed by atoms with E-state index in [1.165, 1.54) is 0 Å². The molecule has 0 radical (unpaired) electrons. The summed E-state index contributed by atoms with van der Waals surface area (Å²) in [6.07, 6.45) is 3.37. The lowest BCUT2D eigenvalue weighted by atomic mass is 10.2. The van der Waals surface area contributed by atoms with Gasteiger partial charge in [0.25, 0.3) is 0 Å². The minimum Gasteiger partial charge on any atom is -0.244 e. The van der Waals surface area contributed by atoms with E-state index in [4.69, 9.17) is 0 Å². The van der Waals surface area contributed by atoms with Gasteiger partial charge >= 0.3 is 0 Å². The molecule has 0 atom stereocenters. The molecule has 2 rings (SSSR count). The second-order valence-electron chi connectivity index (χ2n) is 2.08. The van der Waals surface area contributed by atoms with Gasteiger partial charge in [0, 0.05) is 11.6 Å². The summed E-state index contributed by atoms with van der Waals surface area (Å²) in [6, 6.07) is 7.91. The van der Waals surface area contributed by atoms with E-state index in [1.807, 2.05) is 30.5 Å². The summed E-state index contributed by atoms with van der Waals surface area (Å²) in [7, 11) is 0. The highest BCUT2D eigenvalue weighted by Crippen LogP contribution is 2.06. The summed E-state index contributed by atoms with van der Waals surface area (Å²) in [5.41, 5.74) is 0.998. The Morgan fingerprint density at radius 1 is 1.09 bits per heavy atom. The largest absolute Gasteiger partial charge is 0.244 e. The van der Waals surface area contributed by atoms with Gasteiger partial charge in [-0.05, 0) is 6.07 Å². The van der Waals surface area contributed by atoms with Gasteiger partial charge in [-0.15, -0.1) is 0 Å². The third kappa shape index (κ3) is 1.49. The molecule has 0 aliphatic heterocycles. The fourth-order valence-corrected chi connectivity index (χ4v) is 0.923. The molecule has 0 aliphatic rings. The molecule has 1 aromatic heterocycles. The summed E-state index contributed by atoms with van der Waals surface area (Å²) in [5, 5.41) is 1.09. The van der Waals surface area contributed by atoms with Crippen molar-refractivity contribution in [2.75, 3.05) is 0 Å². The van der Waals surface area contributed by atoms with Crippen molar-refractivity contribution < 1.29 is 0 Å². The third-order valence-corrected chi connectivity index (χ3v) is 1.41. The van der Waals surface area contributed by atoms with Crippen LogP contribution in [-0.4, -0.2) is 9.97 Å². The van der Waals surface area contributed by atoms with Gasteiger partial charge in [0.2, 0.25) is 0 Å². The van der Waals surface area contributed by atoms with E-state index in [2.05, 4.69) is 9.97 Å². The van der Waals surface area contributed by atoms with Crippen molar-refractivity contribution in [1.29, 1.82) is 0 Å². The highest BCUT2D eigenvalue weighted by molar-refractivity contribution is 7.59. The van der Waals surface area contributed by atoms with Crippen LogP contribution in [0.3, 0.4) is 0 Å². The van der Waals surface area contributed by atoms with Crippen LogP contribution in [0.4, 0.5) is 0 Å². The SMILES string of the molecule is S.c1ccc2ncncc2c1. The van der Waals surface area contributed by atoms with E-state index < -0.39 is 0 Å². The molecule has 0 fully saturated rings. The van der Waals surface area contributed by atoms with Crippen LogP contribution in [-0.2, 0) is 0 Å². The highest BCUT2D eigenvalue weighted by atomic mass is 32.1. The Bertz CT molecular complexity index is 283. The van der Waals surface area contributed by atoms with Crippen LogP contribution in [0.15, 0.2) is 36.8 Å². The lowest BCUT2D eigenvalue weighted by Crippen LogP contribution is -1.77. The Morgan fingerprint density at radius 2 is 1.91 bits per heavy atom. The first-order chi connectivity index (χ1) is 4.97. The first kappa shape index (κ1) is 8.01. The smallest absolute Gasteiger partial charge is 0.116 e. The highest BCUT2D eigenvalue weighted by Gasteiger charge is 1.87. The molecule has 56 valence electrons. The molecular formula is C8H8N2S. The maximum Gasteiger partial charge on any atom is 0.116 e. The van der Waals surface area contributed by atoms with Gasteiger partial charge in [-0.3, -0.25) is 0 Å². The molecule has 1 aromatic carbocycles. The van der Waals surface area contributed by atoms with Crippen molar-refractivity contribution in [2.24, 2.45) is 0 Å². The lowest BCUT2D eigenvalue weighted by molar-refractivity contribution is 1.22. The topological polar surface area (TPSA) is 25.8 Å². The van der Waals surface area contributed by atoms with E-state index in [1.54, 1.807) is 6.33 Å². The summed E-state index contributed by atoms with van der Waals surface area (Å²) in [5.74, 6) is 0. The zero-order chi connectivity index (χ0) is 6.81. The third-order valence-electron chi connectivity index (χ3n) is 1.41. The Kier molecular flexibility index (Phi) is 2.44. The zero-order valence-corrected chi connectivity index (χ0v) is 6.86. The van der Waals surface area contributed by atoms with Crippen molar-refractivity contribution in [3.8, 4) is 0 Å². The molecule has 0 saturated carbocycles. The van der Waals surface area contributed by atoms with Crippen molar-refractivity contribution in [3.63, 3.8) is 0 Å². The molecule has 11 heavy (non-hydrogen) atoms. The maximum absolute atomic E-state index is 4.07. The van der Waals surface area contributed by atoms with E-state index in [-0.39, 0.29) is 13.5 Å². The quantitative estimate of drug-likeness (QED) is 0.592. The second kappa shape index (κ2) is 3.34. The zero-order valence-electron chi connectivity index (χ0n) is 5.86. The van der Waals surface area contributed by atoms with Gasteiger partial charge in [-0.2, -0.15) is 13.5 Å². The van der Waals surface area contributed by atoms with E-state index in [0.717, 1.165) is 10.9 Å². The van der Waals surface area contributed by atoms with Gasteiger partial charge in [0.05, 0.1) is 5.52 Å². The summed E-state index contributed by atoms with van der Waals surface area (Å²) in [4.78, 5) is 7.97. The van der Waals surface area contributed by atoms with Crippen LogP contribution >= 0.6 is 13.5 Å². The average molecular weight is 164 g/mol. The van der Waals surface area contributed by atoms with Gasteiger partial charge in [-0.1, -0.05) is 18.2 Å². The van der Waals surface area contributed by atoms with E-state index in [9.17, 15) is 0 Å². The molecule has 1 heterocycles. The Labute approximate surface area is 71.7 Å². The van der Waals surface area contributed by atoms with Crippen LogP contribution < -0.4 is 0 Å². The molecule has 0 saturated heterocycles. The fraction of sp³-hybridized carbons (Fsp3) is 0. The Hall–Kier alpha value is -1.09. The lowest BCUT2D eigenvalue weighted by Gasteiger charge is -1.90. The molecule has 0 unspecified atom stereocenters. The van der Waals surface area contributed by atoms with Crippen LogP contribution in [0.5, 0.6) is 0 Å². The molecule has 0 bridgehead atoms. The Balaban J connectivity index is 0.000000605. The van der Waals surface area contributed by atoms with Gasteiger partial charge in [0.15, 0.2) is 0 Å². The summed E-state index contributed by atoms with van der Waals surface area (Å²) >= 11 is 0. The molecule has 0 N–H and O–H groups in total. The van der Waals surface area contributed by atoms with Crippen LogP contribution in [0.1, 0.15) is 0 Å². The number of hydrogen-bond donors (Lipinski definition) is 0. The number of fused-ring (bicyclic) bond motifs is 1. The minimum atomic E-state index is 0. The normalized spacial score (nSPS) is 9.09. The first-order valence-corrected chi connectivity index (χ1v) is 3.11. The number of hydrogen-bond acceptors (Lipinski definition) is 2. The standard InChI is InChI=1S/C8H6N2.H2S/c1-2-4-8-7(3-1)5-9-6-10-8;/h1-6H;1H2. The second-order valence-corrected chi connectivity index (χ2v) is 2.08. The number of nitrogens with zero attached hydrogens (tertiary/aromatic N) is 2. The molecule has 3 heteroatoms. The number of para-hydroxylation sites is 1. The average Bonchev–Trinajstić information content (AvgIpc) is 2.05. The summed E-state index contributed by atoms with van der Waals surface area (Å²) in [6.45, 7) is 0. The van der Waals surface area contributed by atoms with Crippen molar-refractivity contribution in [2.45, 2.75) is 0 Å².